The fourth-order valence-electron chi connectivity index (χ4n) is 2.45. The molecule has 2 aliphatic heterocycles. The van der Waals surface area contributed by atoms with Gasteiger partial charge >= 0.3 is 0 Å². The molecule has 1 fully saturated rings. The molecule has 0 saturated carbocycles. The number of thioether (sulfide) groups is 1. The molecule has 3 rings (SSSR count). The van der Waals surface area contributed by atoms with Crippen molar-refractivity contribution < 1.29 is 4.79 Å². The van der Waals surface area contributed by atoms with Gasteiger partial charge in [0.1, 0.15) is 6.04 Å². The minimum absolute atomic E-state index is 0.0910. The molecule has 2 atom stereocenters. The van der Waals surface area contributed by atoms with Crippen LogP contribution in [-0.2, 0) is 4.79 Å². The lowest BCUT2D eigenvalue weighted by Gasteiger charge is -2.26. The predicted octanol–water partition coefficient (Wildman–Crippen LogP) is 1.21. The zero-order valence-electron chi connectivity index (χ0n) is 10.1. The van der Waals surface area contributed by atoms with Gasteiger partial charge in [-0.15, -0.1) is 11.8 Å². The lowest BCUT2D eigenvalue weighted by Crippen LogP contribution is -2.44. The summed E-state index contributed by atoms with van der Waals surface area (Å²) in [4.78, 5) is 13.4. The van der Waals surface area contributed by atoms with Gasteiger partial charge in [-0.05, 0) is 24.5 Å². The molecule has 2 unspecified atom stereocenters. The Bertz CT molecular complexity index is 446. The van der Waals surface area contributed by atoms with Crippen LogP contribution < -0.4 is 16.2 Å². The van der Waals surface area contributed by atoms with Crippen LogP contribution in [0.15, 0.2) is 29.2 Å². The quantitative estimate of drug-likeness (QED) is 0.750. The minimum atomic E-state index is -0.0910. The van der Waals surface area contributed by atoms with Gasteiger partial charge in [0.2, 0.25) is 5.91 Å². The average molecular weight is 263 g/mol. The summed E-state index contributed by atoms with van der Waals surface area (Å²) >= 11 is 1.87. The summed E-state index contributed by atoms with van der Waals surface area (Å²) in [6, 6.07) is 8.42. The third-order valence-corrected chi connectivity index (χ3v) is 4.55. The van der Waals surface area contributed by atoms with Crippen molar-refractivity contribution in [2.75, 3.05) is 12.3 Å². The number of hydrazine groups is 1. The summed E-state index contributed by atoms with van der Waals surface area (Å²) in [6.07, 6.45) is 1.86. The van der Waals surface area contributed by atoms with Gasteiger partial charge in [-0.2, -0.15) is 0 Å². The van der Waals surface area contributed by atoms with Gasteiger partial charge in [0, 0.05) is 17.2 Å². The summed E-state index contributed by atoms with van der Waals surface area (Å²) in [5.74, 6) is 1.17. The standard InChI is InChI=1S/C13H17N3OS/c17-13(11-5-7-14-16-11)15-10-6-8-18-12-4-2-1-3-9(10)12/h1-4,10-11,14,16H,5-8H2,(H,15,17). The zero-order chi connectivity index (χ0) is 12.4. The second-order valence-corrected chi connectivity index (χ2v) is 5.79. The number of amides is 1. The number of nitrogens with one attached hydrogen (secondary N) is 3. The van der Waals surface area contributed by atoms with E-state index in [4.69, 9.17) is 0 Å². The Balaban J connectivity index is 1.72. The second-order valence-electron chi connectivity index (χ2n) is 4.65. The van der Waals surface area contributed by atoms with Crippen molar-refractivity contribution in [3.8, 4) is 0 Å². The number of carbonyl (C=O) groups is 1. The summed E-state index contributed by atoms with van der Waals surface area (Å²) in [5, 5.41) is 3.16. The van der Waals surface area contributed by atoms with Crippen LogP contribution in [0.2, 0.25) is 0 Å². The molecule has 1 amide bonds. The van der Waals surface area contributed by atoms with Gasteiger partial charge in [0.25, 0.3) is 0 Å². The highest BCUT2D eigenvalue weighted by Gasteiger charge is 2.27. The summed E-state index contributed by atoms with van der Waals surface area (Å²) in [6.45, 7) is 0.856. The largest absolute Gasteiger partial charge is 0.348 e. The van der Waals surface area contributed by atoms with E-state index in [1.54, 1.807) is 0 Å². The summed E-state index contributed by atoms with van der Waals surface area (Å²) < 4.78 is 0. The molecule has 1 saturated heterocycles. The predicted molar refractivity (Wildman–Crippen MR) is 72.2 cm³/mol. The molecule has 0 aliphatic carbocycles. The molecule has 2 heterocycles. The van der Waals surface area contributed by atoms with Crippen LogP contribution in [0.1, 0.15) is 24.4 Å². The molecule has 0 spiro atoms. The van der Waals surface area contributed by atoms with E-state index in [0.29, 0.717) is 0 Å². The number of rotatable bonds is 2. The average Bonchev–Trinajstić information content (AvgIpc) is 2.93. The van der Waals surface area contributed by atoms with Crippen molar-refractivity contribution >= 4 is 17.7 Å². The van der Waals surface area contributed by atoms with Crippen LogP contribution >= 0.6 is 11.8 Å². The van der Waals surface area contributed by atoms with Gasteiger partial charge in [0.05, 0.1) is 6.04 Å². The molecule has 1 aromatic carbocycles. The monoisotopic (exact) mass is 263 g/mol. The fraction of sp³-hybridized carbons (Fsp3) is 0.462. The first-order valence-corrected chi connectivity index (χ1v) is 7.33. The van der Waals surface area contributed by atoms with E-state index < -0.39 is 0 Å². The van der Waals surface area contributed by atoms with E-state index in [2.05, 4.69) is 34.4 Å². The molecule has 3 N–H and O–H groups in total. The molecular weight excluding hydrogens is 246 g/mol. The number of fused-ring (bicyclic) bond motifs is 1. The van der Waals surface area contributed by atoms with Gasteiger partial charge in [-0.1, -0.05) is 18.2 Å². The van der Waals surface area contributed by atoms with Crippen LogP contribution in [0.4, 0.5) is 0 Å². The Morgan fingerprint density at radius 3 is 3.06 bits per heavy atom. The Morgan fingerprint density at radius 2 is 2.22 bits per heavy atom. The molecule has 4 nitrogen and oxygen atoms in total. The minimum Gasteiger partial charge on any atom is -0.348 e. The van der Waals surface area contributed by atoms with Crippen molar-refractivity contribution in [1.82, 2.24) is 16.2 Å². The molecular formula is C13H17N3OS. The fourth-order valence-corrected chi connectivity index (χ4v) is 3.57. The van der Waals surface area contributed by atoms with Crippen LogP contribution in [0.25, 0.3) is 0 Å². The molecule has 2 aliphatic rings. The third kappa shape index (κ3) is 2.39. The first-order chi connectivity index (χ1) is 8.84. The molecule has 0 radical (unpaired) electrons. The van der Waals surface area contributed by atoms with Crippen LogP contribution in [0.3, 0.4) is 0 Å². The molecule has 1 aromatic rings. The normalized spacial score (nSPS) is 26.7. The van der Waals surface area contributed by atoms with Gasteiger partial charge in [-0.3, -0.25) is 10.2 Å². The van der Waals surface area contributed by atoms with Crippen LogP contribution in [-0.4, -0.2) is 24.2 Å². The van der Waals surface area contributed by atoms with Crippen LogP contribution in [0, 0.1) is 0 Å². The first kappa shape index (κ1) is 12.0. The molecule has 96 valence electrons. The van der Waals surface area contributed by atoms with Gasteiger partial charge < -0.3 is 5.32 Å². The van der Waals surface area contributed by atoms with Crippen molar-refractivity contribution in [3.63, 3.8) is 0 Å². The highest BCUT2D eigenvalue weighted by molar-refractivity contribution is 7.99. The van der Waals surface area contributed by atoms with E-state index in [9.17, 15) is 4.79 Å². The van der Waals surface area contributed by atoms with E-state index in [1.807, 2.05) is 17.8 Å². The van der Waals surface area contributed by atoms with Crippen molar-refractivity contribution in [2.45, 2.75) is 29.8 Å². The molecule has 0 bridgehead atoms. The number of carbonyl (C=O) groups excluding carboxylic acids is 1. The molecule has 0 aromatic heterocycles. The topological polar surface area (TPSA) is 53.2 Å². The van der Waals surface area contributed by atoms with Crippen molar-refractivity contribution in [1.29, 1.82) is 0 Å². The maximum atomic E-state index is 12.1. The lowest BCUT2D eigenvalue weighted by molar-refractivity contribution is -0.123. The Hall–Kier alpha value is -1.04. The maximum absolute atomic E-state index is 12.1. The van der Waals surface area contributed by atoms with Gasteiger partial charge in [-0.25, -0.2) is 5.43 Å². The molecule has 5 heteroatoms. The first-order valence-electron chi connectivity index (χ1n) is 6.35. The lowest BCUT2D eigenvalue weighted by atomic mass is 10.0. The molecule has 18 heavy (non-hydrogen) atoms. The maximum Gasteiger partial charge on any atom is 0.239 e. The van der Waals surface area contributed by atoms with Crippen LogP contribution in [0.5, 0.6) is 0 Å². The van der Waals surface area contributed by atoms with Crippen molar-refractivity contribution in [3.05, 3.63) is 29.8 Å². The second kappa shape index (κ2) is 5.30. The number of benzene rings is 1. The summed E-state index contributed by atoms with van der Waals surface area (Å²) in [5.41, 5.74) is 7.25. The Labute approximate surface area is 111 Å². The smallest absolute Gasteiger partial charge is 0.239 e. The van der Waals surface area contributed by atoms with E-state index in [-0.39, 0.29) is 18.0 Å². The Kier molecular flexibility index (Phi) is 3.54. The number of hydrogen-bond donors (Lipinski definition) is 3. The number of hydrogen-bond acceptors (Lipinski definition) is 4. The third-order valence-electron chi connectivity index (χ3n) is 3.43. The van der Waals surface area contributed by atoms with E-state index in [1.165, 1.54) is 10.5 Å². The Morgan fingerprint density at radius 1 is 1.33 bits per heavy atom. The van der Waals surface area contributed by atoms with E-state index >= 15 is 0 Å². The SMILES string of the molecule is O=C(NC1CCSc2ccccc21)C1CCNN1. The summed E-state index contributed by atoms with van der Waals surface area (Å²) in [7, 11) is 0. The highest BCUT2D eigenvalue weighted by Crippen LogP contribution is 2.35. The van der Waals surface area contributed by atoms with E-state index in [0.717, 1.165) is 25.1 Å². The highest BCUT2D eigenvalue weighted by atomic mass is 32.2. The van der Waals surface area contributed by atoms with Gasteiger partial charge in [0.15, 0.2) is 0 Å². The zero-order valence-corrected chi connectivity index (χ0v) is 10.9. The van der Waals surface area contributed by atoms with Crippen molar-refractivity contribution in [2.24, 2.45) is 0 Å².